The molecule has 4 rings (SSSR count). The molecule has 1 saturated heterocycles. The lowest BCUT2D eigenvalue weighted by atomic mass is 10.2. The van der Waals surface area contributed by atoms with Crippen molar-refractivity contribution < 1.29 is 13.2 Å². The molecule has 11 nitrogen and oxygen atoms in total. The number of carbonyl (C=O) groups is 1. The zero-order valence-electron chi connectivity index (χ0n) is 19.0. The van der Waals surface area contributed by atoms with Gasteiger partial charge in [0.15, 0.2) is 0 Å². The van der Waals surface area contributed by atoms with Crippen LogP contribution in [0.4, 0.5) is 5.95 Å². The molecule has 2 aromatic rings. The van der Waals surface area contributed by atoms with E-state index in [4.69, 9.17) is 5.26 Å². The van der Waals surface area contributed by atoms with Gasteiger partial charge in [0.05, 0.1) is 4.90 Å². The Labute approximate surface area is 201 Å². The molecule has 0 unspecified atom stereocenters. The van der Waals surface area contributed by atoms with Crippen LogP contribution in [0.1, 0.15) is 36.0 Å². The van der Waals surface area contributed by atoms with Crippen molar-refractivity contribution in [3.8, 4) is 6.19 Å². The number of nitrogens with one attached hydrogen (secondary N) is 3. The molecule has 180 valence electrons. The lowest BCUT2D eigenvalue weighted by Crippen LogP contribution is -2.54. The Hall–Kier alpha value is -3.21. The summed E-state index contributed by atoms with van der Waals surface area (Å²) in [7, 11) is -3.20. The smallest absolute Gasteiger partial charge is 0.257 e. The van der Waals surface area contributed by atoms with Crippen LogP contribution in [-0.4, -0.2) is 81.9 Å². The van der Waals surface area contributed by atoms with Gasteiger partial charge in [-0.3, -0.25) is 10.1 Å². The van der Waals surface area contributed by atoms with Crippen molar-refractivity contribution in [1.82, 2.24) is 24.5 Å². The Bertz CT molecular complexity index is 1200. The third-order valence-electron chi connectivity index (χ3n) is 6.20. The number of piperazine rings is 1. The maximum atomic E-state index is 13.3. The van der Waals surface area contributed by atoms with Crippen LogP contribution in [-0.2, 0) is 10.0 Å². The van der Waals surface area contributed by atoms with Gasteiger partial charge in [-0.15, -0.1) is 4.99 Å². The van der Waals surface area contributed by atoms with E-state index in [1.807, 2.05) is 11.1 Å². The number of imidazole rings is 1. The number of guanidine groups is 1. The molecule has 2 aliphatic rings. The Morgan fingerprint density at radius 2 is 1.97 bits per heavy atom. The molecule has 1 aromatic carbocycles. The highest BCUT2D eigenvalue weighted by Gasteiger charge is 2.31. The van der Waals surface area contributed by atoms with E-state index >= 15 is 0 Å². The Morgan fingerprint density at radius 3 is 2.62 bits per heavy atom. The minimum atomic E-state index is -3.79. The highest BCUT2D eigenvalue weighted by Crippen LogP contribution is 2.20. The molecule has 1 amide bonds. The van der Waals surface area contributed by atoms with Gasteiger partial charge in [0.25, 0.3) is 5.91 Å². The predicted molar refractivity (Wildman–Crippen MR) is 131 cm³/mol. The maximum Gasteiger partial charge on any atom is 0.257 e. The zero-order valence-corrected chi connectivity index (χ0v) is 21.8. The zero-order chi connectivity index (χ0) is 24.1. The number of carbonyl (C=O) groups excluding carboxylic acids is 1. The van der Waals surface area contributed by atoms with Crippen LogP contribution in [0.3, 0.4) is 0 Å². The van der Waals surface area contributed by atoms with Gasteiger partial charge in [0, 0.05) is 60.4 Å². The number of amides is 1. The van der Waals surface area contributed by atoms with Crippen LogP contribution in [0.2, 0.25) is 0 Å². The number of H-pyrrole nitrogens is 1. The average molecular weight is 501 g/mol. The van der Waals surface area contributed by atoms with Crippen LogP contribution in [0.25, 0.3) is 0 Å². The molecule has 2 fully saturated rings. The quantitative estimate of drug-likeness (QED) is 0.213. The third-order valence-corrected chi connectivity index (χ3v) is 8.97. The molecule has 2 heterocycles. The highest BCUT2D eigenvalue weighted by atomic mass is 32.2. The SMILES string of the molecule is N#C/N=C(/NC1CCCC1)N1CCN(S(=O)(=O)c2ccc([SiH3])c(C(=O)Nc3ncc[nH]3)c2)CC1. The van der Waals surface area contributed by atoms with Crippen molar-refractivity contribution in [3.63, 3.8) is 0 Å². The van der Waals surface area contributed by atoms with E-state index in [1.165, 1.54) is 16.6 Å². The Morgan fingerprint density at radius 1 is 1.24 bits per heavy atom. The summed E-state index contributed by atoms with van der Waals surface area (Å²) < 4.78 is 28.1. The van der Waals surface area contributed by atoms with Gasteiger partial charge in [-0.2, -0.15) is 9.57 Å². The monoisotopic (exact) mass is 500 g/mol. The van der Waals surface area contributed by atoms with Gasteiger partial charge in [0.1, 0.15) is 0 Å². The number of aromatic nitrogens is 2. The molecule has 3 N–H and O–H groups in total. The van der Waals surface area contributed by atoms with Crippen molar-refractivity contribution in [3.05, 3.63) is 36.2 Å². The highest BCUT2D eigenvalue weighted by molar-refractivity contribution is 7.89. The molecule has 0 bridgehead atoms. The van der Waals surface area contributed by atoms with Crippen molar-refractivity contribution in [1.29, 1.82) is 5.26 Å². The number of hydrogen-bond donors (Lipinski definition) is 3. The summed E-state index contributed by atoms with van der Waals surface area (Å²) in [5.74, 6) is 0.414. The number of rotatable bonds is 5. The summed E-state index contributed by atoms with van der Waals surface area (Å²) >= 11 is 0. The lowest BCUT2D eigenvalue weighted by molar-refractivity contribution is 0.102. The molecule has 1 saturated carbocycles. The molecule has 1 aliphatic carbocycles. The molecule has 13 heteroatoms. The third kappa shape index (κ3) is 5.30. The van der Waals surface area contributed by atoms with Crippen LogP contribution in [0.5, 0.6) is 0 Å². The molecule has 0 spiro atoms. The van der Waals surface area contributed by atoms with Crippen molar-refractivity contribution >= 4 is 43.3 Å². The number of sulfonamides is 1. The van der Waals surface area contributed by atoms with Gasteiger partial charge >= 0.3 is 0 Å². The molecular formula is C21H28N8O3SSi. The summed E-state index contributed by atoms with van der Waals surface area (Å²) in [4.78, 5) is 25.4. The number of aliphatic imine (C=N–C) groups is 1. The van der Waals surface area contributed by atoms with E-state index in [2.05, 4.69) is 25.6 Å². The summed E-state index contributed by atoms with van der Waals surface area (Å²) in [5, 5.41) is 15.9. The van der Waals surface area contributed by atoms with Crippen molar-refractivity contribution in [2.24, 2.45) is 4.99 Å². The average Bonchev–Trinajstić information content (AvgIpc) is 3.53. The van der Waals surface area contributed by atoms with E-state index in [1.54, 1.807) is 18.3 Å². The van der Waals surface area contributed by atoms with Crippen LogP contribution < -0.4 is 15.8 Å². The second-order valence-corrected chi connectivity index (χ2v) is 11.4. The van der Waals surface area contributed by atoms with Gasteiger partial charge in [-0.1, -0.05) is 24.1 Å². The lowest BCUT2D eigenvalue weighted by Gasteiger charge is -2.36. The van der Waals surface area contributed by atoms with Crippen LogP contribution >= 0.6 is 0 Å². The fourth-order valence-electron chi connectivity index (χ4n) is 4.30. The fraction of sp³-hybridized carbons (Fsp3) is 0.429. The predicted octanol–water partition coefficient (Wildman–Crippen LogP) is -0.672. The normalized spacial score (nSPS) is 18.1. The summed E-state index contributed by atoms with van der Waals surface area (Å²) in [6, 6.07) is 4.98. The van der Waals surface area contributed by atoms with Gasteiger partial charge < -0.3 is 15.2 Å². The first-order valence-corrected chi connectivity index (χ1v) is 13.7. The molecular weight excluding hydrogens is 472 g/mol. The van der Waals surface area contributed by atoms with E-state index in [9.17, 15) is 13.2 Å². The summed E-state index contributed by atoms with van der Waals surface area (Å²) in [5.41, 5.74) is 0.326. The summed E-state index contributed by atoms with van der Waals surface area (Å²) in [6.07, 6.45) is 9.37. The first-order chi connectivity index (χ1) is 16.4. The number of aromatic amines is 1. The second kappa shape index (κ2) is 10.4. The maximum absolute atomic E-state index is 13.3. The second-order valence-electron chi connectivity index (χ2n) is 8.42. The van der Waals surface area contributed by atoms with E-state index in [-0.39, 0.29) is 18.0 Å². The molecule has 0 atom stereocenters. The largest absolute Gasteiger partial charge is 0.353 e. The van der Waals surface area contributed by atoms with E-state index < -0.39 is 15.9 Å². The Kier molecular flexibility index (Phi) is 7.30. The Balaban J connectivity index is 1.45. The van der Waals surface area contributed by atoms with Gasteiger partial charge in [-0.25, -0.2) is 13.4 Å². The number of hydrogen-bond acceptors (Lipinski definition) is 6. The van der Waals surface area contributed by atoms with Crippen molar-refractivity contribution in [2.75, 3.05) is 31.5 Å². The molecule has 1 aliphatic heterocycles. The summed E-state index contributed by atoms with van der Waals surface area (Å²) in [6.45, 7) is 1.36. The number of anilines is 1. The van der Waals surface area contributed by atoms with Crippen LogP contribution in [0, 0.1) is 11.5 Å². The molecule has 1 aromatic heterocycles. The first kappa shape index (κ1) is 23.9. The molecule has 0 radical (unpaired) electrons. The fourth-order valence-corrected chi connectivity index (χ4v) is 6.29. The standard InChI is InChI=1S/C21H28N8O3SSi/c22-14-25-21(26-15-3-1-2-4-15)28-9-11-29(12-10-28)33(31,32)16-5-6-18(34)17(13-16)19(30)27-20-23-7-8-24-20/h5-8,13,15H,1-4,9-12H2,34H3,(H,25,26)(H2,23,24,27,30). The number of nitrogens with zero attached hydrogens (tertiary/aromatic N) is 5. The minimum absolute atomic E-state index is 0.0835. The first-order valence-electron chi connectivity index (χ1n) is 11.3. The van der Waals surface area contributed by atoms with E-state index in [0.29, 0.717) is 46.8 Å². The molecule has 34 heavy (non-hydrogen) atoms. The van der Waals surface area contributed by atoms with Crippen molar-refractivity contribution in [2.45, 2.75) is 36.6 Å². The van der Waals surface area contributed by atoms with Crippen LogP contribution in [0.15, 0.2) is 40.5 Å². The minimum Gasteiger partial charge on any atom is -0.353 e. The topological polar surface area (TPSA) is 147 Å². The van der Waals surface area contributed by atoms with Gasteiger partial charge in [0.2, 0.25) is 28.1 Å². The number of benzene rings is 1. The number of nitriles is 1. The van der Waals surface area contributed by atoms with Gasteiger partial charge in [-0.05, 0) is 25.0 Å². The van der Waals surface area contributed by atoms with E-state index in [0.717, 1.165) is 30.9 Å².